The van der Waals surface area contributed by atoms with Gasteiger partial charge in [-0.3, -0.25) is 4.40 Å². The summed E-state index contributed by atoms with van der Waals surface area (Å²) in [6.07, 6.45) is 1.89. The van der Waals surface area contributed by atoms with Gasteiger partial charge in [-0.25, -0.2) is 4.79 Å². The number of urea groups is 1. The highest BCUT2D eigenvalue weighted by Gasteiger charge is 2.14. The van der Waals surface area contributed by atoms with E-state index in [0.29, 0.717) is 12.4 Å². The van der Waals surface area contributed by atoms with Crippen LogP contribution in [0.15, 0.2) is 42.6 Å². The topological polar surface area (TPSA) is 65.8 Å². The Morgan fingerprint density at radius 2 is 1.96 bits per heavy atom. The molecule has 7 heteroatoms. The van der Waals surface area contributed by atoms with Gasteiger partial charge in [-0.05, 0) is 42.8 Å². The molecule has 0 bridgehead atoms. The molecule has 2 heterocycles. The number of hydrogen-bond acceptors (Lipinski definition) is 4. The SMILES string of the molecule is Cc1cc(NC(=O)N(C)Cc2nnc3ccccn23)ccc1N(C)C. The fraction of sp³-hybridized carbons (Fsp3) is 0.278. The largest absolute Gasteiger partial charge is 0.377 e. The van der Waals surface area contributed by atoms with Gasteiger partial charge in [0.25, 0.3) is 0 Å². The molecule has 130 valence electrons. The minimum Gasteiger partial charge on any atom is -0.377 e. The number of amides is 2. The van der Waals surface area contributed by atoms with E-state index >= 15 is 0 Å². The number of pyridine rings is 1. The molecule has 3 rings (SSSR count). The van der Waals surface area contributed by atoms with E-state index in [1.165, 1.54) is 0 Å². The minimum atomic E-state index is -0.190. The van der Waals surface area contributed by atoms with Crippen molar-refractivity contribution in [3.8, 4) is 0 Å². The molecule has 0 aliphatic carbocycles. The van der Waals surface area contributed by atoms with Crippen LogP contribution < -0.4 is 10.2 Å². The number of anilines is 2. The highest BCUT2D eigenvalue weighted by Crippen LogP contribution is 2.22. The van der Waals surface area contributed by atoms with Crippen molar-refractivity contribution in [3.63, 3.8) is 0 Å². The molecule has 0 fully saturated rings. The number of carbonyl (C=O) groups excluding carboxylic acids is 1. The fourth-order valence-corrected chi connectivity index (χ4v) is 2.74. The molecular weight excluding hydrogens is 316 g/mol. The zero-order valence-electron chi connectivity index (χ0n) is 14.9. The van der Waals surface area contributed by atoms with Crippen molar-refractivity contribution in [1.82, 2.24) is 19.5 Å². The number of aromatic nitrogens is 3. The summed E-state index contributed by atoms with van der Waals surface area (Å²) in [5.41, 5.74) is 3.77. The molecule has 0 aliphatic rings. The van der Waals surface area contributed by atoms with Crippen molar-refractivity contribution in [2.24, 2.45) is 0 Å². The second-order valence-corrected chi connectivity index (χ2v) is 6.23. The van der Waals surface area contributed by atoms with Crippen LogP contribution in [0.25, 0.3) is 5.65 Å². The van der Waals surface area contributed by atoms with E-state index in [1.54, 1.807) is 11.9 Å². The number of carbonyl (C=O) groups is 1. The second kappa shape index (κ2) is 6.80. The molecule has 2 amide bonds. The summed E-state index contributed by atoms with van der Waals surface area (Å²) in [6, 6.07) is 11.4. The summed E-state index contributed by atoms with van der Waals surface area (Å²) >= 11 is 0. The second-order valence-electron chi connectivity index (χ2n) is 6.23. The maximum atomic E-state index is 12.5. The first-order valence-electron chi connectivity index (χ1n) is 8.04. The van der Waals surface area contributed by atoms with Gasteiger partial charge in [-0.2, -0.15) is 0 Å². The molecule has 1 N–H and O–H groups in total. The van der Waals surface area contributed by atoms with Gasteiger partial charge in [0, 0.05) is 38.7 Å². The van der Waals surface area contributed by atoms with Gasteiger partial charge in [-0.15, -0.1) is 10.2 Å². The normalized spacial score (nSPS) is 10.7. The first kappa shape index (κ1) is 16.8. The number of aryl methyl sites for hydroxylation is 1. The molecule has 0 aliphatic heterocycles. The predicted octanol–water partition coefficient (Wildman–Crippen LogP) is 2.77. The average Bonchev–Trinajstić information content (AvgIpc) is 2.97. The van der Waals surface area contributed by atoms with Crippen LogP contribution in [0.1, 0.15) is 11.4 Å². The van der Waals surface area contributed by atoms with Gasteiger partial charge in [-0.1, -0.05) is 6.07 Å². The lowest BCUT2D eigenvalue weighted by atomic mass is 10.1. The van der Waals surface area contributed by atoms with E-state index in [0.717, 1.165) is 22.6 Å². The van der Waals surface area contributed by atoms with Crippen molar-refractivity contribution >= 4 is 23.1 Å². The predicted molar refractivity (Wildman–Crippen MR) is 99.0 cm³/mol. The van der Waals surface area contributed by atoms with Gasteiger partial charge in [0.15, 0.2) is 11.5 Å². The Balaban J connectivity index is 1.69. The lowest BCUT2D eigenvalue weighted by Gasteiger charge is -2.19. The molecule has 25 heavy (non-hydrogen) atoms. The molecule has 7 nitrogen and oxygen atoms in total. The van der Waals surface area contributed by atoms with Crippen LogP contribution in [-0.4, -0.2) is 46.7 Å². The number of rotatable bonds is 4. The Hall–Kier alpha value is -3.09. The van der Waals surface area contributed by atoms with Crippen molar-refractivity contribution in [2.75, 3.05) is 31.4 Å². The molecule has 3 aromatic rings. The standard InChI is InChI=1S/C18H22N6O/c1-13-11-14(8-9-15(13)22(2)3)19-18(25)23(4)12-17-21-20-16-7-5-6-10-24(16)17/h5-11H,12H2,1-4H3,(H,19,25). The molecule has 1 aromatic carbocycles. The highest BCUT2D eigenvalue weighted by atomic mass is 16.2. The van der Waals surface area contributed by atoms with Crippen LogP contribution in [0.4, 0.5) is 16.2 Å². The van der Waals surface area contributed by atoms with E-state index in [1.807, 2.05) is 72.9 Å². The number of nitrogens with one attached hydrogen (secondary N) is 1. The van der Waals surface area contributed by atoms with Gasteiger partial charge in [0.05, 0.1) is 6.54 Å². The third-order valence-corrected chi connectivity index (χ3v) is 4.04. The average molecular weight is 338 g/mol. The molecule has 0 spiro atoms. The summed E-state index contributed by atoms with van der Waals surface area (Å²) < 4.78 is 1.87. The maximum Gasteiger partial charge on any atom is 0.321 e. The Bertz CT molecular complexity index is 901. The first-order valence-corrected chi connectivity index (χ1v) is 8.04. The lowest BCUT2D eigenvalue weighted by Crippen LogP contribution is -2.31. The quantitative estimate of drug-likeness (QED) is 0.794. The van der Waals surface area contributed by atoms with Crippen molar-refractivity contribution in [3.05, 3.63) is 54.0 Å². The third-order valence-electron chi connectivity index (χ3n) is 4.04. The number of hydrogen-bond donors (Lipinski definition) is 1. The van der Waals surface area contributed by atoms with E-state index in [9.17, 15) is 4.79 Å². The zero-order chi connectivity index (χ0) is 18.0. The van der Waals surface area contributed by atoms with Gasteiger partial charge in [0.1, 0.15) is 0 Å². The maximum absolute atomic E-state index is 12.5. The molecule has 0 atom stereocenters. The number of nitrogens with zero attached hydrogens (tertiary/aromatic N) is 5. The Morgan fingerprint density at radius 1 is 1.16 bits per heavy atom. The number of fused-ring (bicyclic) bond motifs is 1. The van der Waals surface area contributed by atoms with Gasteiger partial charge >= 0.3 is 6.03 Å². The first-order chi connectivity index (χ1) is 12.0. The summed E-state index contributed by atoms with van der Waals surface area (Å²) in [7, 11) is 5.73. The summed E-state index contributed by atoms with van der Waals surface area (Å²) in [5, 5.41) is 11.2. The molecule has 0 unspecified atom stereocenters. The van der Waals surface area contributed by atoms with Crippen LogP contribution in [0.3, 0.4) is 0 Å². The summed E-state index contributed by atoms with van der Waals surface area (Å²) in [4.78, 5) is 16.1. The van der Waals surface area contributed by atoms with Crippen LogP contribution in [0, 0.1) is 6.92 Å². The number of benzene rings is 1. The van der Waals surface area contributed by atoms with E-state index < -0.39 is 0 Å². The summed E-state index contributed by atoms with van der Waals surface area (Å²) in [6.45, 7) is 2.39. The zero-order valence-corrected chi connectivity index (χ0v) is 14.9. The van der Waals surface area contributed by atoms with Crippen molar-refractivity contribution in [1.29, 1.82) is 0 Å². The molecule has 0 radical (unpaired) electrons. The Labute approximate surface area is 146 Å². The Kier molecular flexibility index (Phi) is 4.56. The smallest absolute Gasteiger partial charge is 0.321 e. The molecule has 0 saturated carbocycles. The molecule has 2 aromatic heterocycles. The monoisotopic (exact) mass is 338 g/mol. The lowest BCUT2D eigenvalue weighted by molar-refractivity contribution is 0.219. The van der Waals surface area contributed by atoms with Crippen LogP contribution in [-0.2, 0) is 6.54 Å². The highest BCUT2D eigenvalue weighted by molar-refractivity contribution is 5.89. The molecule has 0 saturated heterocycles. The summed E-state index contributed by atoms with van der Waals surface area (Å²) in [5.74, 6) is 0.715. The third kappa shape index (κ3) is 3.55. The van der Waals surface area contributed by atoms with Crippen LogP contribution in [0.5, 0.6) is 0 Å². The van der Waals surface area contributed by atoms with Crippen LogP contribution in [0.2, 0.25) is 0 Å². The fourth-order valence-electron chi connectivity index (χ4n) is 2.74. The Morgan fingerprint density at radius 3 is 2.68 bits per heavy atom. The minimum absolute atomic E-state index is 0.190. The van der Waals surface area contributed by atoms with Gasteiger partial charge < -0.3 is 15.1 Å². The van der Waals surface area contributed by atoms with E-state index in [4.69, 9.17) is 0 Å². The van der Waals surface area contributed by atoms with Crippen molar-refractivity contribution in [2.45, 2.75) is 13.5 Å². The van der Waals surface area contributed by atoms with Crippen molar-refractivity contribution < 1.29 is 4.79 Å². The van der Waals surface area contributed by atoms with Gasteiger partial charge in [0.2, 0.25) is 0 Å². The van der Waals surface area contributed by atoms with E-state index in [-0.39, 0.29) is 6.03 Å². The van der Waals surface area contributed by atoms with E-state index in [2.05, 4.69) is 15.5 Å². The molecular formula is C18H22N6O. The van der Waals surface area contributed by atoms with Crippen LogP contribution >= 0.6 is 0 Å².